The minimum atomic E-state index is -0.530. The van der Waals surface area contributed by atoms with E-state index in [1.165, 1.54) is 7.11 Å². The van der Waals surface area contributed by atoms with E-state index in [0.29, 0.717) is 18.9 Å². The normalized spacial score (nSPS) is 13.1. The van der Waals surface area contributed by atoms with E-state index in [4.69, 9.17) is 10.5 Å². The van der Waals surface area contributed by atoms with Gasteiger partial charge in [0.05, 0.1) is 13.7 Å². The van der Waals surface area contributed by atoms with E-state index in [1.54, 1.807) is 7.11 Å². The molecule has 2 N–H and O–H groups in total. The van der Waals surface area contributed by atoms with Crippen LogP contribution in [0.3, 0.4) is 0 Å². The van der Waals surface area contributed by atoms with Gasteiger partial charge in [-0.3, -0.25) is 4.79 Å². The van der Waals surface area contributed by atoms with Gasteiger partial charge in [-0.05, 0) is 12.3 Å². The first-order valence-electron chi connectivity index (χ1n) is 6.06. The fourth-order valence-corrected chi connectivity index (χ4v) is 1.62. The Morgan fingerprint density at radius 2 is 1.94 bits per heavy atom. The van der Waals surface area contributed by atoms with Crippen LogP contribution in [0.5, 0.6) is 0 Å². The zero-order valence-electron chi connectivity index (χ0n) is 11.4. The third kappa shape index (κ3) is 8.12. The lowest BCUT2D eigenvalue weighted by atomic mass is 10.1. The summed E-state index contributed by atoms with van der Waals surface area (Å²) in [5.41, 5.74) is 5.70. The molecule has 0 bridgehead atoms. The van der Waals surface area contributed by atoms with Crippen molar-refractivity contribution in [3.05, 3.63) is 0 Å². The van der Waals surface area contributed by atoms with Crippen LogP contribution in [-0.4, -0.2) is 57.4 Å². The molecule has 0 aromatic carbocycles. The number of carbonyl (C=O) groups is 1. The number of rotatable bonds is 9. The Labute approximate surface area is 104 Å². The zero-order chi connectivity index (χ0) is 13.3. The molecule has 5 nitrogen and oxygen atoms in total. The van der Waals surface area contributed by atoms with Crippen LogP contribution < -0.4 is 5.73 Å². The van der Waals surface area contributed by atoms with Crippen LogP contribution in [-0.2, 0) is 14.3 Å². The lowest BCUT2D eigenvalue weighted by molar-refractivity contribution is -0.142. The number of ether oxygens (including phenoxy) is 2. The first-order valence-corrected chi connectivity index (χ1v) is 6.06. The molecule has 5 heteroatoms. The quantitative estimate of drug-likeness (QED) is 0.600. The number of carbonyl (C=O) groups excluding carboxylic acids is 1. The third-order valence-electron chi connectivity index (χ3n) is 2.50. The van der Waals surface area contributed by atoms with Crippen molar-refractivity contribution in [3.63, 3.8) is 0 Å². The summed E-state index contributed by atoms with van der Waals surface area (Å²) in [5.74, 6) is 0.238. The molecular weight excluding hydrogens is 220 g/mol. The highest BCUT2D eigenvalue weighted by Crippen LogP contribution is 2.02. The van der Waals surface area contributed by atoms with Gasteiger partial charge in [0.2, 0.25) is 0 Å². The van der Waals surface area contributed by atoms with Gasteiger partial charge in [-0.2, -0.15) is 0 Å². The lowest BCUT2D eigenvalue weighted by Gasteiger charge is -2.24. The number of hydrogen-bond donors (Lipinski definition) is 1. The molecule has 0 aromatic heterocycles. The first-order chi connectivity index (χ1) is 8.01. The molecular formula is C12H26N2O3. The van der Waals surface area contributed by atoms with Crippen molar-refractivity contribution in [2.24, 2.45) is 11.7 Å². The van der Waals surface area contributed by atoms with Gasteiger partial charge in [0.1, 0.15) is 6.04 Å². The lowest BCUT2D eigenvalue weighted by Crippen LogP contribution is -2.38. The molecule has 0 aliphatic rings. The molecule has 0 aromatic rings. The Balaban J connectivity index is 4.00. The molecule has 1 atom stereocenters. The summed E-state index contributed by atoms with van der Waals surface area (Å²) in [7, 11) is 3.05. The van der Waals surface area contributed by atoms with Crippen molar-refractivity contribution >= 4 is 5.97 Å². The largest absolute Gasteiger partial charge is 0.468 e. The smallest absolute Gasteiger partial charge is 0.322 e. The van der Waals surface area contributed by atoms with Gasteiger partial charge in [0, 0.05) is 26.7 Å². The summed E-state index contributed by atoms with van der Waals surface area (Å²) in [4.78, 5) is 13.4. The molecule has 0 saturated heterocycles. The fraction of sp³-hybridized carbons (Fsp3) is 0.917. The van der Waals surface area contributed by atoms with E-state index in [1.807, 2.05) is 0 Å². The summed E-state index contributed by atoms with van der Waals surface area (Å²) in [5, 5.41) is 0. The molecule has 102 valence electrons. The van der Waals surface area contributed by atoms with Crippen LogP contribution in [0.25, 0.3) is 0 Å². The van der Waals surface area contributed by atoms with Gasteiger partial charge in [0.15, 0.2) is 0 Å². The van der Waals surface area contributed by atoms with Crippen LogP contribution in [0.4, 0.5) is 0 Å². The molecule has 0 saturated carbocycles. The molecule has 0 aliphatic heterocycles. The molecule has 0 heterocycles. The van der Waals surface area contributed by atoms with E-state index in [0.717, 1.165) is 19.6 Å². The number of methoxy groups -OCH3 is 2. The van der Waals surface area contributed by atoms with E-state index < -0.39 is 6.04 Å². The highest BCUT2D eigenvalue weighted by atomic mass is 16.5. The van der Waals surface area contributed by atoms with Crippen LogP contribution in [0, 0.1) is 5.92 Å². The topological polar surface area (TPSA) is 64.8 Å². The van der Waals surface area contributed by atoms with Crippen molar-refractivity contribution < 1.29 is 14.3 Å². The van der Waals surface area contributed by atoms with Gasteiger partial charge in [-0.25, -0.2) is 0 Å². The highest BCUT2D eigenvalue weighted by molar-refractivity contribution is 5.75. The predicted molar refractivity (Wildman–Crippen MR) is 67.8 cm³/mol. The molecule has 0 rings (SSSR count). The molecule has 0 radical (unpaired) electrons. The molecule has 0 fully saturated rings. The number of nitrogens with two attached hydrogens (primary N) is 1. The number of hydrogen-bond acceptors (Lipinski definition) is 5. The second-order valence-corrected chi connectivity index (χ2v) is 4.61. The summed E-state index contributed by atoms with van der Waals surface area (Å²) in [6.07, 6.45) is 0.614. The SMILES string of the molecule is COCCN(CCC(N)C(=O)OC)CC(C)C. The van der Waals surface area contributed by atoms with Gasteiger partial charge in [-0.15, -0.1) is 0 Å². The van der Waals surface area contributed by atoms with Gasteiger partial charge in [0.25, 0.3) is 0 Å². The van der Waals surface area contributed by atoms with Gasteiger partial charge < -0.3 is 20.1 Å². The highest BCUT2D eigenvalue weighted by Gasteiger charge is 2.15. The summed E-state index contributed by atoms with van der Waals surface area (Å²) in [6.45, 7) is 7.66. The molecule has 0 aliphatic carbocycles. The van der Waals surface area contributed by atoms with Crippen LogP contribution in [0.1, 0.15) is 20.3 Å². The van der Waals surface area contributed by atoms with Crippen LogP contribution >= 0.6 is 0 Å². The molecule has 17 heavy (non-hydrogen) atoms. The van der Waals surface area contributed by atoms with Crippen LogP contribution in [0.2, 0.25) is 0 Å². The Bertz CT molecular complexity index is 210. The van der Waals surface area contributed by atoms with E-state index >= 15 is 0 Å². The fourth-order valence-electron chi connectivity index (χ4n) is 1.62. The van der Waals surface area contributed by atoms with Crippen molar-refractivity contribution in [1.82, 2.24) is 4.90 Å². The average Bonchev–Trinajstić information content (AvgIpc) is 2.30. The Morgan fingerprint density at radius 3 is 2.41 bits per heavy atom. The van der Waals surface area contributed by atoms with Crippen LogP contribution in [0.15, 0.2) is 0 Å². The predicted octanol–water partition coefficient (Wildman–Crippen LogP) is 0.481. The maximum Gasteiger partial charge on any atom is 0.322 e. The van der Waals surface area contributed by atoms with Crippen molar-refractivity contribution in [1.29, 1.82) is 0 Å². The summed E-state index contributed by atoms with van der Waals surface area (Å²) >= 11 is 0. The maximum absolute atomic E-state index is 11.2. The summed E-state index contributed by atoms with van der Waals surface area (Å²) < 4.78 is 9.66. The minimum absolute atomic E-state index is 0.346. The molecule has 0 amide bonds. The van der Waals surface area contributed by atoms with E-state index in [2.05, 4.69) is 23.5 Å². The van der Waals surface area contributed by atoms with Crippen molar-refractivity contribution in [3.8, 4) is 0 Å². The number of esters is 1. The standard InChI is InChI=1S/C12H26N2O3/c1-10(2)9-14(7-8-16-3)6-5-11(13)12(15)17-4/h10-11H,5-9,13H2,1-4H3. The van der Waals surface area contributed by atoms with E-state index in [9.17, 15) is 4.79 Å². The monoisotopic (exact) mass is 246 g/mol. The van der Waals surface area contributed by atoms with E-state index in [-0.39, 0.29) is 5.97 Å². The Morgan fingerprint density at radius 1 is 1.29 bits per heavy atom. The second kappa shape index (κ2) is 9.39. The summed E-state index contributed by atoms with van der Waals surface area (Å²) in [6, 6.07) is -0.530. The third-order valence-corrected chi connectivity index (χ3v) is 2.50. The van der Waals surface area contributed by atoms with Crippen molar-refractivity contribution in [2.75, 3.05) is 40.5 Å². The Hall–Kier alpha value is -0.650. The minimum Gasteiger partial charge on any atom is -0.468 e. The van der Waals surface area contributed by atoms with Gasteiger partial charge >= 0.3 is 5.97 Å². The first kappa shape index (κ1) is 16.4. The van der Waals surface area contributed by atoms with Gasteiger partial charge in [-0.1, -0.05) is 13.8 Å². The Kier molecular flexibility index (Phi) is 9.03. The zero-order valence-corrected chi connectivity index (χ0v) is 11.4. The number of nitrogens with zero attached hydrogens (tertiary/aromatic N) is 1. The maximum atomic E-state index is 11.2. The second-order valence-electron chi connectivity index (χ2n) is 4.61. The average molecular weight is 246 g/mol. The van der Waals surface area contributed by atoms with Crippen molar-refractivity contribution in [2.45, 2.75) is 26.3 Å². The molecule has 0 spiro atoms. The molecule has 1 unspecified atom stereocenters.